The Morgan fingerprint density at radius 3 is 3.06 bits per heavy atom. The minimum absolute atomic E-state index is 0.402. The summed E-state index contributed by atoms with van der Waals surface area (Å²) in [4.78, 5) is 7.03. The lowest BCUT2D eigenvalue weighted by molar-refractivity contribution is 0.595. The van der Waals surface area contributed by atoms with Crippen LogP contribution in [0.4, 0.5) is 5.82 Å². The SMILES string of the molecule is CCNC(C)c1ccnc(N2CCCC2CC)c1. The van der Waals surface area contributed by atoms with Gasteiger partial charge in [-0.05, 0) is 50.4 Å². The van der Waals surface area contributed by atoms with E-state index in [9.17, 15) is 0 Å². The zero-order valence-electron chi connectivity index (χ0n) is 11.8. The number of aromatic nitrogens is 1. The highest BCUT2D eigenvalue weighted by molar-refractivity contribution is 5.44. The molecule has 0 bridgehead atoms. The molecule has 0 spiro atoms. The minimum Gasteiger partial charge on any atom is -0.354 e. The molecule has 100 valence electrons. The standard InChI is InChI=1S/C15H25N3/c1-4-14-7-6-10-18(14)15-11-13(8-9-17-15)12(3)16-5-2/h8-9,11-12,14,16H,4-7,10H2,1-3H3. The normalized spacial score (nSPS) is 21.3. The summed E-state index contributed by atoms with van der Waals surface area (Å²) in [5, 5.41) is 3.46. The van der Waals surface area contributed by atoms with E-state index in [4.69, 9.17) is 0 Å². The summed E-state index contributed by atoms with van der Waals surface area (Å²) in [7, 11) is 0. The third kappa shape index (κ3) is 2.83. The van der Waals surface area contributed by atoms with E-state index < -0.39 is 0 Å². The lowest BCUT2D eigenvalue weighted by Crippen LogP contribution is -2.29. The largest absolute Gasteiger partial charge is 0.354 e. The van der Waals surface area contributed by atoms with E-state index in [1.54, 1.807) is 0 Å². The second-order valence-corrected chi connectivity index (χ2v) is 5.12. The molecule has 18 heavy (non-hydrogen) atoms. The Balaban J connectivity index is 2.16. The van der Waals surface area contributed by atoms with E-state index in [2.05, 4.69) is 48.1 Å². The molecule has 1 aromatic heterocycles. The summed E-state index contributed by atoms with van der Waals surface area (Å²) < 4.78 is 0. The Morgan fingerprint density at radius 2 is 2.33 bits per heavy atom. The lowest BCUT2D eigenvalue weighted by Gasteiger charge is -2.25. The van der Waals surface area contributed by atoms with Crippen LogP contribution >= 0.6 is 0 Å². The van der Waals surface area contributed by atoms with Crippen LogP contribution in [0.25, 0.3) is 0 Å². The highest BCUT2D eigenvalue weighted by Gasteiger charge is 2.24. The molecule has 0 amide bonds. The first kappa shape index (κ1) is 13.3. The first-order valence-electron chi connectivity index (χ1n) is 7.22. The van der Waals surface area contributed by atoms with Crippen molar-refractivity contribution in [3.63, 3.8) is 0 Å². The molecule has 1 N–H and O–H groups in total. The van der Waals surface area contributed by atoms with Crippen LogP contribution in [0.5, 0.6) is 0 Å². The molecule has 0 saturated carbocycles. The molecule has 1 aliphatic heterocycles. The third-order valence-electron chi connectivity index (χ3n) is 3.92. The summed E-state index contributed by atoms with van der Waals surface area (Å²) in [6.45, 7) is 8.79. The molecular formula is C15H25N3. The first-order chi connectivity index (χ1) is 8.76. The van der Waals surface area contributed by atoms with Crippen LogP contribution in [0.3, 0.4) is 0 Å². The van der Waals surface area contributed by atoms with Crippen molar-refractivity contribution in [1.82, 2.24) is 10.3 Å². The monoisotopic (exact) mass is 247 g/mol. The molecule has 0 aromatic carbocycles. The van der Waals surface area contributed by atoms with Crippen molar-refractivity contribution in [3.05, 3.63) is 23.9 Å². The summed E-state index contributed by atoms with van der Waals surface area (Å²) in [5.74, 6) is 1.15. The van der Waals surface area contributed by atoms with Gasteiger partial charge in [0.15, 0.2) is 0 Å². The summed E-state index contributed by atoms with van der Waals surface area (Å²) >= 11 is 0. The van der Waals surface area contributed by atoms with Gasteiger partial charge in [-0.1, -0.05) is 13.8 Å². The van der Waals surface area contributed by atoms with Gasteiger partial charge in [0, 0.05) is 24.8 Å². The Labute approximate surface area is 111 Å². The molecule has 0 radical (unpaired) electrons. The molecule has 2 atom stereocenters. The average molecular weight is 247 g/mol. The van der Waals surface area contributed by atoms with E-state index in [0.717, 1.165) is 18.9 Å². The number of hydrogen-bond acceptors (Lipinski definition) is 3. The van der Waals surface area contributed by atoms with Gasteiger partial charge in [-0.3, -0.25) is 0 Å². The Kier molecular flexibility index (Phi) is 4.59. The van der Waals surface area contributed by atoms with Gasteiger partial charge in [0.05, 0.1) is 0 Å². The molecule has 1 aromatic rings. The quantitative estimate of drug-likeness (QED) is 0.866. The second-order valence-electron chi connectivity index (χ2n) is 5.12. The molecule has 2 rings (SSSR count). The molecule has 2 unspecified atom stereocenters. The molecule has 2 heterocycles. The van der Waals surface area contributed by atoms with Crippen LogP contribution in [-0.2, 0) is 0 Å². The summed E-state index contributed by atoms with van der Waals surface area (Å²) in [5.41, 5.74) is 1.34. The van der Waals surface area contributed by atoms with Gasteiger partial charge in [-0.25, -0.2) is 4.98 Å². The van der Waals surface area contributed by atoms with Gasteiger partial charge in [0.25, 0.3) is 0 Å². The number of hydrogen-bond donors (Lipinski definition) is 1. The van der Waals surface area contributed by atoms with Crippen LogP contribution in [0.1, 0.15) is 51.6 Å². The fourth-order valence-corrected chi connectivity index (χ4v) is 2.85. The number of nitrogens with one attached hydrogen (secondary N) is 1. The van der Waals surface area contributed by atoms with Gasteiger partial charge >= 0.3 is 0 Å². The minimum atomic E-state index is 0.402. The third-order valence-corrected chi connectivity index (χ3v) is 3.92. The topological polar surface area (TPSA) is 28.2 Å². The maximum Gasteiger partial charge on any atom is 0.129 e. The second kappa shape index (κ2) is 6.19. The van der Waals surface area contributed by atoms with Crippen molar-refractivity contribution in [2.24, 2.45) is 0 Å². The highest BCUT2D eigenvalue weighted by Crippen LogP contribution is 2.27. The zero-order chi connectivity index (χ0) is 13.0. The Hall–Kier alpha value is -1.09. The lowest BCUT2D eigenvalue weighted by atomic mass is 10.1. The van der Waals surface area contributed by atoms with Crippen LogP contribution in [0.15, 0.2) is 18.3 Å². The first-order valence-corrected chi connectivity index (χ1v) is 7.22. The molecule has 1 saturated heterocycles. The van der Waals surface area contributed by atoms with Crippen LogP contribution in [0, 0.1) is 0 Å². The van der Waals surface area contributed by atoms with Gasteiger partial charge in [-0.15, -0.1) is 0 Å². The number of pyridine rings is 1. The van der Waals surface area contributed by atoms with Gasteiger partial charge in [0.2, 0.25) is 0 Å². The predicted molar refractivity (Wildman–Crippen MR) is 77.0 cm³/mol. The number of nitrogens with zero attached hydrogens (tertiary/aromatic N) is 2. The summed E-state index contributed by atoms with van der Waals surface area (Å²) in [6, 6.07) is 5.46. The molecule has 1 aliphatic rings. The van der Waals surface area contributed by atoms with Crippen molar-refractivity contribution >= 4 is 5.82 Å². The van der Waals surface area contributed by atoms with Gasteiger partial charge in [0.1, 0.15) is 5.82 Å². The average Bonchev–Trinajstić information content (AvgIpc) is 2.87. The maximum absolute atomic E-state index is 4.56. The van der Waals surface area contributed by atoms with Gasteiger partial charge in [-0.2, -0.15) is 0 Å². The van der Waals surface area contributed by atoms with E-state index in [0.29, 0.717) is 12.1 Å². The molecular weight excluding hydrogens is 222 g/mol. The van der Waals surface area contributed by atoms with Crippen LogP contribution < -0.4 is 10.2 Å². The van der Waals surface area contributed by atoms with Crippen molar-refractivity contribution in [2.45, 2.75) is 52.1 Å². The maximum atomic E-state index is 4.56. The fourth-order valence-electron chi connectivity index (χ4n) is 2.85. The predicted octanol–water partition coefficient (Wildman–Crippen LogP) is 3.13. The van der Waals surface area contributed by atoms with Crippen LogP contribution in [-0.4, -0.2) is 24.1 Å². The molecule has 3 nitrogen and oxygen atoms in total. The zero-order valence-corrected chi connectivity index (χ0v) is 11.8. The number of anilines is 1. The van der Waals surface area contributed by atoms with E-state index in [-0.39, 0.29) is 0 Å². The van der Waals surface area contributed by atoms with Crippen molar-refractivity contribution in [2.75, 3.05) is 18.0 Å². The van der Waals surface area contributed by atoms with Crippen molar-refractivity contribution in [3.8, 4) is 0 Å². The van der Waals surface area contributed by atoms with Gasteiger partial charge < -0.3 is 10.2 Å². The number of rotatable bonds is 5. The molecule has 1 fully saturated rings. The Morgan fingerprint density at radius 1 is 1.50 bits per heavy atom. The fraction of sp³-hybridized carbons (Fsp3) is 0.667. The van der Waals surface area contributed by atoms with Crippen LogP contribution in [0.2, 0.25) is 0 Å². The van der Waals surface area contributed by atoms with E-state index in [1.165, 1.54) is 24.8 Å². The molecule has 3 heteroatoms. The Bertz CT molecular complexity index is 378. The van der Waals surface area contributed by atoms with E-state index in [1.807, 2.05) is 6.20 Å². The van der Waals surface area contributed by atoms with E-state index >= 15 is 0 Å². The highest BCUT2D eigenvalue weighted by atomic mass is 15.2. The molecule has 0 aliphatic carbocycles. The van der Waals surface area contributed by atoms with Crippen molar-refractivity contribution < 1.29 is 0 Å². The van der Waals surface area contributed by atoms with Crippen molar-refractivity contribution in [1.29, 1.82) is 0 Å². The summed E-state index contributed by atoms with van der Waals surface area (Å²) in [6.07, 6.45) is 5.77. The smallest absolute Gasteiger partial charge is 0.129 e.